The second-order valence-corrected chi connectivity index (χ2v) is 7.98. The van der Waals surface area contributed by atoms with E-state index in [9.17, 15) is 17.6 Å². The molecular formula is C21H27F5O. The van der Waals surface area contributed by atoms with Gasteiger partial charge in [-0.05, 0) is 49.7 Å². The summed E-state index contributed by atoms with van der Waals surface area (Å²) in [5, 5.41) is 0. The molecule has 0 heterocycles. The fraction of sp³-hybridized carbons (Fsp3) is 0.714. The number of hydrogen-bond donors (Lipinski definition) is 0. The van der Waals surface area contributed by atoms with Crippen LogP contribution in [0.5, 0.6) is 5.75 Å². The van der Waals surface area contributed by atoms with Crippen LogP contribution in [0, 0.1) is 29.4 Å². The SMILES string of the molecule is CCCC1CCC2CC(c3ccc(OCC)c(F)c3F)C(F)C2C(F)(F)C1. The molecule has 27 heavy (non-hydrogen) atoms. The van der Waals surface area contributed by atoms with E-state index in [2.05, 4.69) is 0 Å². The molecule has 2 aliphatic rings. The van der Waals surface area contributed by atoms with Gasteiger partial charge in [0.15, 0.2) is 11.6 Å². The number of benzene rings is 1. The first-order chi connectivity index (χ1) is 12.8. The fourth-order valence-corrected chi connectivity index (χ4v) is 5.11. The van der Waals surface area contributed by atoms with E-state index in [1.54, 1.807) is 6.92 Å². The molecule has 3 rings (SSSR count). The van der Waals surface area contributed by atoms with Gasteiger partial charge in [0.2, 0.25) is 5.82 Å². The Morgan fingerprint density at radius 2 is 1.85 bits per heavy atom. The van der Waals surface area contributed by atoms with Gasteiger partial charge in [0.05, 0.1) is 12.5 Å². The lowest BCUT2D eigenvalue weighted by Gasteiger charge is -2.29. The Labute approximate surface area is 157 Å². The molecule has 2 fully saturated rings. The molecular weight excluding hydrogens is 363 g/mol. The van der Waals surface area contributed by atoms with Crippen LogP contribution in [-0.4, -0.2) is 18.7 Å². The van der Waals surface area contributed by atoms with Crippen molar-refractivity contribution in [1.82, 2.24) is 0 Å². The maximum atomic E-state index is 15.2. The first-order valence-corrected chi connectivity index (χ1v) is 9.92. The Morgan fingerprint density at radius 1 is 1.11 bits per heavy atom. The molecule has 0 radical (unpaired) electrons. The molecule has 152 valence electrons. The zero-order valence-corrected chi connectivity index (χ0v) is 15.8. The van der Waals surface area contributed by atoms with Gasteiger partial charge in [0.25, 0.3) is 5.92 Å². The van der Waals surface area contributed by atoms with E-state index in [-0.39, 0.29) is 36.7 Å². The highest BCUT2D eigenvalue weighted by Crippen LogP contribution is 2.56. The molecule has 0 spiro atoms. The van der Waals surface area contributed by atoms with Crippen LogP contribution >= 0.6 is 0 Å². The normalized spacial score (nSPS) is 32.8. The lowest BCUT2D eigenvalue weighted by Crippen LogP contribution is -2.37. The molecule has 6 heteroatoms. The summed E-state index contributed by atoms with van der Waals surface area (Å²) in [4.78, 5) is 0. The van der Waals surface area contributed by atoms with Gasteiger partial charge in [-0.15, -0.1) is 0 Å². The highest BCUT2D eigenvalue weighted by Gasteiger charge is 2.58. The summed E-state index contributed by atoms with van der Waals surface area (Å²) < 4.78 is 78.6. The van der Waals surface area contributed by atoms with E-state index < -0.39 is 41.5 Å². The van der Waals surface area contributed by atoms with Crippen molar-refractivity contribution >= 4 is 0 Å². The monoisotopic (exact) mass is 390 g/mol. The Morgan fingerprint density at radius 3 is 2.52 bits per heavy atom. The van der Waals surface area contributed by atoms with Crippen molar-refractivity contribution in [1.29, 1.82) is 0 Å². The van der Waals surface area contributed by atoms with Crippen LogP contribution in [0.3, 0.4) is 0 Å². The summed E-state index contributed by atoms with van der Waals surface area (Å²) in [7, 11) is 0. The molecule has 2 aliphatic carbocycles. The lowest BCUT2D eigenvalue weighted by atomic mass is 9.86. The summed E-state index contributed by atoms with van der Waals surface area (Å²) in [5.41, 5.74) is -0.155. The molecule has 2 saturated carbocycles. The number of fused-ring (bicyclic) bond motifs is 1. The van der Waals surface area contributed by atoms with Crippen LogP contribution in [0.1, 0.15) is 63.9 Å². The maximum absolute atomic E-state index is 15.2. The number of alkyl halides is 3. The Bertz CT molecular complexity index is 662. The Kier molecular flexibility index (Phi) is 6.02. The smallest absolute Gasteiger partial charge is 0.254 e. The number of rotatable bonds is 5. The zero-order chi connectivity index (χ0) is 19.8. The van der Waals surface area contributed by atoms with E-state index in [1.165, 1.54) is 12.1 Å². The van der Waals surface area contributed by atoms with Crippen LogP contribution in [0.25, 0.3) is 0 Å². The molecule has 5 unspecified atom stereocenters. The third kappa shape index (κ3) is 3.81. The van der Waals surface area contributed by atoms with Gasteiger partial charge >= 0.3 is 0 Å². The largest absolute Gasteiger partial charge is 0.491 e. The van der Waals surface area contributed by atoms with Crippen LogP contribution < -0.4 is 4.74 Å². The van der Waals surface area contributed by atoms with Gasteiger partial charge in [-0.3, -0.25) is 0 Å². The standard InChI is InChI=1S/C21H27F5O/c1-3-5-12-6-7-13-10-15(18(22)17(13)21(25,26)11-12)14-8-9-16(27-4-2)20(24)19(14)23/h8-9,12-13,15,17-18H,3-7,10-11H2,1-2H3. The zero-order valence-electron chi connectivity index (χ0n) is 15.8. The van der Waals surface area contributed by atoms with E-state index in [1.807, 2.05) is 6.92 Å². The molecule has 5 atom stereocenters. The molecule has 1 aromatic carbocycles. The predicted octanol–water partition coefficient (Wildman–Crippen LogP) is 6.66. The van der Waals surface area contributed by atoms with E-state index in [4.69, 9.17) is 4.74 Å². The summed E-state index contributed by atoms with van der Waals surface area (Å²) in [6, 6.07) is 2.54. The first-order valence-electron chi connectivity index (χ1n) is 9.92. The van der Waals surface area contributed by atoms with E-state index in [0.29, 0.717) is 19.3 Å². The number of ether oxygens (including phenoxy) is 1. The third-order valence-corrected chi connectivity index (χ3v) is 6.26. The Hall–Kier alpha value is -1.33. The van der Waals surface area contributed by atoms with E-state index >= 15 is 4.39 Å². The molecule has 0 N–H and O–H groups in total. The summed E-state index contributed by atoms with van der Waals surface area (Å²) >= 11 is 0. The average molecular weight is 390 g/mol. The summed E-state index contributed by atoms with van der Waals surface area (Å²) in [6.07, 6.45) is 0.646. The molecule has 0 amide bonds. The van der Waals surface area contributed by atoms with Crippen molar-refractivity contribution in [3.05, 3.63) is 29.3 Å². The molecule has 0 saturated heterocycles. The molecule has 1 nitrogen and oxygen atoms in total. The average Bonchev–Trinajstić information content (AvgIpc) is 2.87. The minimum atomic E-state index is -3.12. The first kappa shape index (κ1) is 20.4. The molecule has 1 aromatic rings. The van der Waals surface area contributed by atoms with Crippen LogP contribution in [0.2, 0.25) is 0 Å². The van der Waals surface area contributed by atoms with Gasteiger partial charge in [0.1, 0.15) is 6.17 Å². The molecule has 0 bridgehead atoms. The van der Waals surface area contributed by atoms with Crippen LogP contribution in [0.4, 0.5) is 22.0 Å². The number of hydrogen-bond acceptors (Lipinski definition) is 1. The molecule has 0 aromatic heterocycles. The van der Waals surface area contributed by atoms with Crippen LogP contribution in [-0.2, 0) is 0 Å². The number of halogens is 5. The Balaban J connectivity index is 1.87. The topological polar surface area (TPSA) is 9.23 Å². The summed E-state index contributed by atoms with van der Waals surface area (Å²) in [5.74, 6) is -8.78. The summed E-state index contributed by atoms with van der Waals surface area (Å²) in [6.45, 7) is 3.77. The van der Waals surface area contributed by atoms with Gasteiger partial charge in [0, 0.05) is 12.3 Å². The third-order valence-electron chi connectivity index (χ3n) is 6.26. The van der Waals surface area contributed by atoms with Crippen LogP contribution in [0.15, 0.2) is 12.1 Å². The lowest BCUT2D eigenvalue weighted by molar-refractivity contribution is -0.101. The quantitative estimate of drug-likeness (QED) is 0.511. The van der Waals surface area contributed by atoms with Crippen molar-refractivity contribution in [2.75, 3.05) is 6.61 Å². The van der Waals surface area contributed by atoms with E-state index in [0.717, 1.165) is 6.42 Å². The van der Waals surface area contributed by atoms with Crippen molar-refractivity contribution in [2.24, 2.45) is 17.8 Å². The van der Waals surface area contributed by atoms with Crippen molar-refractivity contribution in [3.63, 3.8) is 0 Å². The van der Waals surface area contributed by atoms with Gasteiger partial charge in [-0.2, -0.15) is 4.39 Å². The van der Waals surface area contributed by atoms with Crippen molar-refractivity contribution in [2.45, 2.75) is 70.4 Å². The fourth-order valence-electron chi connectivity index (χ4n) is 5.11. The van der Waals surface area contributed by atoms with Gasteiger partial charge < -0.3 is 4.74 Å². The second-order valence-electron chi connectivity index (χ2n) is 7.98. The minimum absolute atomic E-state index is 0.0964. The van der Waals surface area contributed by atoms with Crippen molar-refractivity contribution in [3.8, 4) is 5.75 Å². The minimum Gasteiger partial charge on any atom is -0.491 e. The predicted molar refractivity (Wildman–Crippen MR) is 94.0 cm³/mol. The second kappa shape index (κ2) is 7.96. The van der Waals surface area contributed by atoms with Gasteiger partial charge in [-0.1, -0.05) is 25.8 Å². The van der Waals surface area contributed by atoms with Crippen molar-refractivity contribution < 1.29 is 26.7 Å². The highest BCUT2D eigenvalue weighted by atomic mass is 19.3. The highest BCUT2D eigenvalue weighted by molar-refractivity contribution is 5.35. The van der Waals surface area contributed by atoms with Gasteiger partial charge in [-0.25, -0.2) is 17.6 Å². The maximum Gasteiger partial charge on any atom is 0.254 e. The molecule has 0 aliphatic heterocycles.